The number of carbonyl (C=O) groups is 1. The van der Waals surface area contributed by atoms with Crippen molar-refractivity contribution in [3.63, 3.8) is 0 Å². The van der Waals surface area contributed by atoms with Crippen LogP contribution in [-0.2, 0) is 17.8 Å². The fraction of sp³-hybridized carbons (Fsp3) is 0.381. The summed E-state index contributed by atoms with van der Waals surface area (Å²) in [6.45, 7) is 2.82. The van der Waals surface area contributed by atoms with Gasteiger partial charge in [0.05, 0.1) is 13.1 Å². The van der Waals surface area contributed by atoms with Crippen LogP contribution in [-0.4, -0.2) is 54.8 Å². The van der Waals surface area contributed by atoms with E-state index < -0.39 is 6.36 Å². The van der Waals surface area contributed by atoms with Crippen LogP contribution in [0.15, 0.2) is 53.7 Å². The zero-order chi connectivity index (χ0) is 22.7. The van der Waals surface area contributed by atoms with Gasteiger partial charge >= 0.3 is 6.36 Å². The first kappa shape index (κ1) is 24.0. The van der Waals surface area contributed by atoms with Crippen LogP contribution in [0.4, 0.5) is 13.2 Å². The number of guanidine groups is 1. The molecule has 1 aromatic carbocycles. The molecule has 0 atom stereocenters. The number of aliphatic imine (C=N–C) groups is 1. The van der Waals surface area contributed by atoms with E-state index in [-0.39, 0.29) is 30.3 Å². The topological polar surface area (TPSA) is 78.9 Å². The molecule has 0 unspecified atom stereocenters. The van der Waals surface area contributed by atoms with Crippen LogP contribution in [0.1, 0.15) is 18.2 Å². The number of pyridine rings is 1. The minimum Gasteiger partial charge on any atom is -0.405 e. The Kier molecular flexibility index (Phi) is 9.11. The molecule has 168 valence electrons. The van der Waals surface area contributed by atoms with Gasteiger partial charge in [0.25, 0.3) is 0 Å². The van der Waals surface area contributed by atoms with Crippen molar-refractivity contribution in [2.24, 2.45) is 4.99 Å². The van der Waals surface area contributed by atoms with Gasteiger partial charge in [0.2, 0.25) is 5.91 Å². The number of carbonyl (C=O) groups excluding carboxylic acids is 1. The Morgan fingerprint density at radius 1 is 1.16 bits per heavy atom. The predicted octanol–water partition coefficient (Wildman–Crippen LogP) is 2.74. The third kappa shape index (κ3) is 8.93. The van der Waals surface area contributed by atoms with E-state index in [1.54, 1.807) is 24.2 Å². The monoisotopic (exact) mass is 437 g/mol. The molecule has 1 aromatic heterocycles. The normalized spacial score (nSPS) is 11.7. The van der Waals surface area contributed by atoms with Crippen LogP contribution >= 0.6 is 0 Å². The molecule has 1 amide bonds. The maximum absolute atomic E-state index is 12.6. The number of halogens is 3. The highest BCUT2D eigenvalue weighted by Gasteiger charge is 2.31. The molecule has 0 aliphatic carbocycles. The summed E-state index contributed by atoms with van der Waals surface area (Å²) in [5.74, 6) is -0.141. The zero-order valence-electron chi connectivity index (χ0n) is 17.4. The summed E-state index contributed by atoms with van der Waals surface area (Å²) in [7, 11) is 1.70. The SMILES string of the molecule is CCNC(=NCc1ccccc1OC(F)(F)F)NCC(=O)N(C)CCc1ccccn1. The molecule has 1 heterocycles. The largest absolute Gasteiger partial charge is 0.573 e. The Morgan fingerprint density at radius 2 is 1.90 bits per heavy atom. The van der Waals surface area contributed by atoms with Crippen molar-refractivity contribution >= 4 is 11.9 Å². The van der Waals surface area contributed by atoms with Crippen LogP contribution in [0.5, 0.6) is 5.75 Å². The number of nitrogens with zero attached hydrogens (tertiary/aromatic N) is 3. The second kappa shape index (κ2) is 11.8. The molecule has 2 rings (SSSR count). The van der Waals surface area contributed by atoms with E-state index in [0.29, 0.717) is 25.5 Å². The summed E-state index contributed by atoms with van der Waals surface area (Å²) in [5, 5.41) is 5.87. The number of nitrogens with one attached hydrogen (secondary N) is 2. The Hall–Kier alpha value is -3.30. The van der Waals surface area contributed by atoms with Gasteiger partial charge in [-0.25, -0.2) is 4.99 Å². The highest BCUT2D eigenvalue weighted by molar-refractivity contribution is 5.86. The zero-order valence-corrected chi connectivity index (χ0v) is 17.4. The van der Waals surface area contributed by atoms with E-state index in [0.717, 1.165) is 5.69 Å². The molecular formula is C21H26F3N5O2. The summed E-state index contributed by atoms with van der Waals surface area (Å²) in [4.78, 5) is 22.4. The third-order valence-electron chi connectivity index (χ3n) is 4.21. The average molecular weight is 437 g/mol. The minimum absolute atomic E-state index is 0.00868. The number of amides is 1. The number of alkyl halides is 3. The Morgan fingerprint density at radius 3 is 2.58 bits per heavy atom. The second-order valence-electron chi connectivity index (χ2n) is 6.59. The van der Waals surface area contributed by atoms with E-state index in [4.69, 9.17) is 0 Å². The molecule has 7 nitrogen and oxygen atoms in total. The van der Waals surface area contributed by atoms with Gasteiger partial charge in [0, 0.05) is 44.0 Å². The Balaban J connectivity index is 1.92. The van der Waals surface area contributed by atoms with Gasteiger partial charge in [-0.1, -0.05) is 24.3 Å². The molecule has 0 spiro atoms. The molecule has 0 saturated carbocycles. The van der Waals surface area contributed by atoms with Crippen molar-refractivity contribution < 1.29 is 22.7 Å². The van der Waals surface area contributed by atoms with E-state index in [1.807, 2.05) is 25.1 Å². The first-order chi connectivity index (χ1) is 14.8. The lowest BCUT2D eigenvalue weighted by Gasteiger charge is -2.18. The third-order valence-corrected chi connectivity index (χ3v) is 4.21. The quantitative estimate of drug-likeness (QED) is 0.466. The number of rotatable bonds is 9. The van der Waals surface area contributed by atoms with Gasteiger partial charge in [0.1, 0.15) is 5.75 Å². The first-order valence-electron chi connectivity index (χ1n) is 9.78. The number of aromatic nitrogens is 1. The van der Waals surface area contributed by atoms with Gasteiger partial charge in [-0.2, -0.15) is 0 Å². The average Bonchev–Trinajstić information content (AvgIpc) is 2.74. The van der Waals surface area contributed by atoms with Gasteiger partial charge < -0.3 is 20.3 Å². The molecular weight excluding hydrogens is 411 g/mol. The second-order valence-corrected chi connectivity index (χ2v) is 6.59. The fourth-order valence-electron chi connectivity index (χ4n) is 2.61. The molecule has 0 aliphatic heterocycles. The molecule has 2 aromatic rings. The van der Waals surface area contributed by atoms with Crippen LogP contribution in [0.25, 0.3) is 0 Å². The molecule has 31 heavy (non-hydrogen) atoms. The number of likely N-dealkylation sites (N-methyl/N-ethyl adjacent to an activating group) is 1. The van der Waals surface area contributed by atoms with Gasteiger partial charge in [-0.05, 0) is 25.1 Å². The van der Waals surface area contributed by atoms with E-state index in [1.165, 1.54) is 18.2 Å². The first-order valence-corrected chi connectivity index (χ1v) is 9.78. The van der Waals surface area contributed by atoms with Crippen molar-refractivity contribution in [3.05, 3.63) is 59.9 Å². The van der Waals surface area contributed by atoms with Crippen LogP contribution < -0.4 is 15.4 Å². The summed E-state index contributed by atoms with van der Waals surface area (Å²) < 4.78 is 41.7. The summed E-state index contributed by atoms with van der Waals surface area (Å²) >= 11 is 0. The van der Waals surface area contributed by atoms with Crippen molar-refractivity contribution in [1.82, 2.24) is 20.5 Å². The number of benzene rings is 1. The summed E-state index contributed by atoms with van der Waals surface area (Å²) in [5.41, 5.74) is 1.17. The number of hydrogen-bond donors (Lipinski definition) is 2. The highest BCUT2D eigenvalue weighted by atomic mass is 19.4. The summed E-state index contributed by atoms with van der Waals surface area (Å²) in [6.07, 6.45) is -2.45. The highest BCUT2D eigenvalue weighted by Crippen LogP contribution is 2.26. The lowest BCUT2D eigenvalue weighted by Crippen LogP contribution is -2.44. The standard InChI is InChI=1S/C21H26F3N5O2/c1-3-25-20(27-14-16-8-4-5-10-18(16)31-21(22,23)24)28-15-19(30)29(2)13-11-17-9-6-7-12-26-17/h4-10,12H,3,11,13-15H2,1-2H3,(H2,25,27,28). The number of ether oxygens (including phenoxy) is 1. The lowest BCUT2D eigenvalue weighted by atomic mass is 10.2. The van der Waals surface area contributed by atoms with Crippen molar-refractivity contribution in [1.29, 1.82) is 0 Å². The van der Waals surface area contributed by atoms with Gasteiger partial charge in [-0.3, -0.25) is 9.78 Å². The minimum atomic E-state index is -4.78. The van der Waals surface area contributed by atoms with Crippen LogP contribution in [0.3, 0.4) is 0 Å². The smallest absolute Gasteiger partial charge is 0.405 e. The number of para-hydroxylation sites is 1. The van der Waals surface area contributed by atoms with E-state index in [2.05, 4.69) is 25.3 Å². The van der Waals surface area contributed by atoms with E-state index in [9.17, 15) is 18.0 Å². The van der Waals surface area contributed by atoms with Crippen LogP contribution in [0.2, 0.25) is 0 Å². The molecule has 0 radical (unpaired) electrons. The molecule has 0 fully saturated rings. The maximum atomic E-state index is 12.6. The molecule has 2 N–H and O–H groups in total. The van der Waals surface area contributed by atoms with Crippen molar-refractivity contribution in [2.75, 3.05) is 26.7 Å². The van der Waals surface area contributed by atoms with Gasteiger partial charge in [-0.15, -0.1) is 13.2 Å². The predicted molar refractivity (Wildman–Crippen MR) is 112 cm³/mol. The molecule has 0 bridgehead atoms. The molecule has 0 aliphatic rings. The Labute approximate surface area is 179 Å². The molecule has 10 heteroatoms. The lowest BCUT2D eigenvalue weighted by molar-refractivity contribution is -0.274. The number of hydrogen-bond acceptors (Lipinski definition) is 4. The summed E-state index contributed by atoms with van der Waals surface area (Å²) in [6, 6.07) is 11.4. The molecule has 0 saturated heterocycles. The van der Waals surface area contributed by atoms with Crippen molar-refractivity contribution in [3.8, 4) is 5.75 Å². The van der Waals surface area contributed by atoms with Crippen molar-refractivity contribution in [2.45, 2.75) is 26.3 Å². The van der Waals surface area contributed by atoms with E-state index >= 15 is 0 Å². The van der Waals surface area contributed by atoms with Crippen LogP contribution in [0, 0.1) is 0 Å². The van der Waals surface area contributed by atoms with Gasteiger partial charge in [0.15, 0.2) is 5.96 Å². The fourth-order valence-corrected chi connectivity index (χ4v) is 2.61. The maximum Gasteiger partial charge on any atom is 0.573 e. The Bertz CT molecular complexity index is 860.